The van der Waals surface area contributed by atoms with Crippen LogP contribution in [0.2, 0.25) is 0 Å². The van der Waals surface area contributed by atoms with Gasteiger partial charge in [-0.15, -0.1) is 0 Å². The van der Waals surface area contributed by atoms with Crippen molar-refractivity contribution in [3.63, 3.8) is 0 Å². The van der Waals surface area contributed by atoms with Crippen molar-refractivity contribution in [1.29, 1.82) is 0 Å². The molecule has 0 atom stereocenters. The smallest absolute Gasteiger partial charge is 0.331 e. The highest BCUT2D eigenvalue weighted by molar-refractivity contribution is 5.88. The van der Waals surface area contributed by atoms with Gasteiger partial charge < -0.3 is 46.0 Å². The van der Waals surface area contributed by atoms with E-state index in [9.17, 15) is 39.6 Å². The molecule has 0 heterocycles. The molecule has 0 aliphatic rings. The molecule has 0 aliphatic carbocycles. The van der Waals surface area contributed by atoms with Gasteiger partial charge >= 0.3 is 23.9 Å². The summed E-state index contributed by atoms with van der Waals surface area (Å²) in [6, 6.07) is 22.4. The molecule has 506 valence electrons. The van der Waals surface area contributed by atoms with Gasteiger partial charge in [0, 0.05) is 48.0 Å². The molecule has 92 heavy (non-hydrogen) atoms. The fourth-order valence-corrected chi connectivity index (χ4v) is 9.61. The van der Waals surface area contributed by atoms with Crippen molar-refractivity contribution in [3.8, 4) is 28.7 Å². The van der Waals surface area contributed by atoms with E-state index < -0.39 is 23.9 Å². The number of phenols is 5. The number of carboxylic acids is 4. The van der Waals surface area contributed by atoms with Crippen LogP contribution in [0.25, 0.3) is 0 Å². The van der Waals surface area contributed by atoms with Crippen molar-refractivity contribution in [2.24, 2.45) is 0 Å². The second-order valence-electron chi connectivity index (χ2n) is 32.3. The summed E-state index contributed by atoms with van der Waals surface area (Å²) in [5.74, 6) is -2.36. The lowest BCUT2D eigenvalue weighted by molar-refractivity contribution is -0.133. The van der Waals surface area contributed by atoms with Crippen LogP contribution >= 0.6 is 0 Å². The summed E-state index contributed by atoms with van der Waals surface area (Å²) in [5, 5.41) is 87.3. The SMILES string of the molecule is C=C(Cc1cc(C(C)(C)C)c(O)c(C(C)(C)C)c1)C(=O)O.C=C(Cc1cc(C(C)(C)C)c(O)c(C(C)(C)C)c1)C(=O)O.C=C(Cc1cc(C(C)(C)C)c(O)c(C(C)(C)C)c1)C(=O)O.C=C(Cc1cc(C(C)(C)C)c(O)c(C(C)(C)C)c1)C(=O)O.Cc1ccccc1O. The Labute approximate surface area is 551 Å². The van der Waals surface area contributed by atoms with Gasteiger partial charge in [0.25, 0.3) is 0 Å². The molecule has 0 bridgehead atoms. The van der Waals surface area contributed by atoms with Gasteiger partial charge in [-0.25, -0.2) is 19.2 Å². The maximum absolute atomic E-state index is 11.0. The number of aromatic hydroxyl groups is 5. The van der Waals surface area contributed by atoms with Gasteiger partial charge in [0.05, 0.1) is 0 Å². The third kappa shape index (κ3) is 24.9. The zero-order valence-corrected chi connectivity index (χ0v) is 60.2. The third-order valence-corrected chi connectivity index (χ3v) is 15.1. The number of hydrogen-bond acceptors (Lipinski definition) is 9. The normalized spacial score (nSPS) is 12.0. The van der Waals surface area contributed by atoms with E-state index in [4.69, 9.17) is 25.5 Å². The fourth-order valence-electron chi connectivity index (χ4n) is 9.61. The fraction of sp³-hybridized carbons (Fsp3) is 0.468. The molecule has 0 aliphatic heterocycles. The van der Waals surface area contributed by atoms with Gasteiger partial charge in [-0.3, -0.25) is 0 Å². The Balaban J connectivity index is 0.000000588. The number of carbonyl (C=O) groups is 4. The zero-order chi connectivity index (χ0) is 72.3. The minimum Gasteiger partial charge on any atom is -0.508 e. The average Bonchev–Trinajstić information content (AvgIpc) is 0.809. The molecule has 5 aromatic rings. The number of rotatable bonds is 12. The van der Waals surface area contributed by atoms with E-state index in [0.29, 0.717) is 28.7 Å². The summed E-state index contributed by atoms with van der Waals surface area (Å²) in [5.41, 5.74) is 9.97. The highest BCUT2D eigenvalue weighted by atomic mass is 16.4. The van der Waals surface area contributed by atoms with Crippen LogP contribution in [0.4, 0.5) is 0 Å². The lowest BCUT2D eigenvalue weighted by atomic mass is 9.78. The summed E-state index contributed by atoms with van der Waals surface area (Å²) in [6.07, 6.45) is 1.12. The summed E-state index contributed by atoms with van der Waals surface area (Å²) >= 11 is 0. The van der Waals surface area contributed by atoms with Gasteiger partial charge in [-0.2, -0.15) is 0 Å². The molecule has 5 aromatic carbocycles. The molecule has 0 unspecified atom stereocenters. The number of carboxylic acid groups (broad SMARTS) is 4. The monoisotopic (exact) mass is 1270 g/mol. The predicted octanol–water partition coefficient (Wildman–Crippen LogP) is 18.4. The highest BCUT2D eigenvalue weighted by Gasteiger charge is 2.31. The lowest BCUT2D eigenvalue weighted by Gasteiger charge is -2.28. The maximum Gasteiger partial charge on any atom is 0.331 e. The van der Waals surface area contributed by atoms with Gasteiger partial charge in [0.2, 0.25) is 0 Å². The standard InChI is InChI=1S/4C18H26O3.C7H8O/c4*1-11(16(20)21)8-12-9-13(17(2,3)4)15(19)14(10-12)18(5,6)7;1-6-4-2-3-5-7(6)8/h4*9-10,19H,1,8H2,2-7H3,(H,20,21);2-5,8H,1H3. The minimum absolute atomic E-state index is 0.153. The largest absolute Gasteiger partial charge is 0.508 e. The van der Waals surface area contributed by atoms with E-state index in [-0.39, 0.29) is 91.3 Å². The van der Waals surface area contributed by atoms with Crippen molar-refractivity contribution in [3.05, 3.63) is 194 Å². The first kappa shape index (κ1) is 82.0. The Morgan fingerprint density at radius 1 is 0.293 bits per heavy atom. The Morgan fingerprint density at radius 2 is 0.435 bits per heavy atom. The van der Waals surface area contributed by atoms with Gasteiger partial charge in [0.15, 0.2) is 0 Å². The zero-order valence-electron chi connectivity index (χ0n) is 60.2. The third-order valence-electron chi connectivity index (χ3n) is 15.1. The number of aryl methyl sites for hydroxylation is 1. The summed E-state index contributed by atoms with van der Waals surface area (Å²) < 4.78 is 0. The summed E-state index contributed by atoms with van der Waals surface area (Å²) in [7, 11) is 0. The average molecular weight is 1270 g/mol. The molecular formula is C79H112O13. The number of aliphatic carboxylic acids is 4. The summed E-state index contributed by atoms with van der Waals surface area (Å²) in [4.78, 5) is 43.9. The van der Waals surface area contributed by atoms with Crippen molar-refractivity contribution >= 4 is 23.9 Å². The Kier molecular flexibility index (Phi) is 27.7. The minimum atomic E-state index is -0.988. The molecule has 0 radical (unpaired) electrons. The van der Waals surface area contributed by atoms with Crippen LogP contribution in [0, 0.1) is 6.92 Å². The molecule has 0 fully saturated rings. The van der Waals surface area contributed by atoms with E-state index in [1.807, 2.05) is 240 Å². The molecule has 0 amide bonds. The van der Waals surface area contributed by atoms with Crippen molar-refractivity contribution in [2.75, 3.05) is 0 Å². The first-order chi connectivity index (χ1) is 41.1. The van der Waals surface area contributed by atoms with Gasteiger partial charge in [0.1, 0.15) is 28.7 Å². The number of hydrogen-bond donors (Lipinski definition) is 9. The first-order valence-electron chi connectivity index (χ1n) is 31.0. The molecule has 13 nitrogen and oxygen atoms in total. The molecular weight excluding hydrogens is 1160 g/mol. The van der Waals surface area contributed by atoms with E-state index in [2.05, 4.69) is 26.3 Å². The Hall–Kier alpha value is -8.06. The summed E-state index contributed by atoms with van der Waals surface area (Å²) in [6.45, 7) is 65.0. The van der Waals surface area contributed by atoms with Crippen LogP contribution in [0.15, 0.2) is 121 Å². The predicted molar refractivity (Wildman–Crippen MR) is 377 cm³/mol. The topological polar surface area (TPSA) is 250 Å². The van der Waals surface area contributed by atoms with Crippen LogP contribution < -0.4 is 0 Å². The maximum atomic E-state index is 11.0. The molecule has 9 N–H and O–H groups in total. The van der Waals surface area contributed by atoms with Gasteiger partial charge in [-0.1, -0.05) is 259 Å². The highest BCUT2D eigenvalue weighted by Crippen LogP contribution is 2.44. The van der Waals surface area contributed by atoms with Crippen LogP contribution in [0.3, 0.4) is 0 Å². The molecule has 5 rings (SSSR count). The van der Waals surface area contributed by atoms with E-state index in [0.717, 1.165) is 72.3 Å². The van der Waals surface area contributed by atoms with Crippen LogP contribution in [0.1, 0.15) is 238 Å². The van der Waals surface area contributed by atoms with Crippen LogP contribution in [0.5, 0.6) is 28.7 Å². The number of benzene rings is 5. The second kappa shape index (κ2) is 31.0. The van der Waals surface area contributed by atoms with E-state index in [1.54, 1.807) is 6.07 Å². The Morgan fingerprint density at radius 3 is 0.533 bits per heavy atom. The lowest BCUT2D eigenvalue weighted by Crippen LogP contribution is -2.18. The van der Waals surface area contributed by atoms with E-state index >= 15 is 0 Å². The molecule has 0 saturated heterocycles. The molecule has 0 aromatic heterocycles. The Bertz CT molecular complexity index is 2930. The second-order valence-corrected chi connectivity index (χ2v) is 32.3. The van der Waals surface area contributed by atoms with Crippen molar-refractivity contribution in [2.45, 2.75) is 242 Å². The molecule has 0 spiro atoms. The van der Waals surface area contributed by atoms with Crippen LogP contribution in [-0.4, -0.2) is 69.8 Å². The van der Waals surface area contributed by atoms with Crippen LogP contribution in [-0.2, 0) is 88.2 Å². The molecule has 0 saturated carbocycles. The van der Waals surface area contributed by atoms with Crippen molar-refractivity contribution < 1.29 is 65.1 Å². The van der Waals surface area contributed by atoms with Crippen molar-refractivity contribution in [1.82, 2.24) is 0 Å². The molecule has 13 heteroatoms. The van der Waals surface area contributed by atoms with Gasteiger partial charge in [-0.05, 0) is 129 Å². The first-order valence-corrected chi connectivity index (χ1v) is 31.0. The number of phenolic OH excluding ortho intramolecular Hbond substituents is 5. The van der Waals surface area contributed by atoms with E-state index in [1.165, 1.54) is 0 Å². The number of para-hydroxylation sites is 1. The quantitative estimate of drug-likeness (QED) is 0.0528.